The molecule has 4 nitrogen and oxygen atoms in total. The van der Waals surface area contributed by atoms with Crippen LogP contribution in [-0.2, 0) is 23.1 Å². The van der Waals surface area contributed by atoms with Crippen molar-refractivity contribution in [2.75, 3.05) is 7.05 Å². The molecule has 1 aromatic heterocycles. The van der Waals surface area contributed by atoms with Crippen molar-refractivity contribution < 1.29 is 8.42 Å². The molecule has 0 aliphatic heterocycles. The Balaban J connectivity index is 2.15. The van der Waals surface area contributed by atoms with Crippen LogP contribution in [0.2, 0.25) is 5.02 Å². The van der Waals surface area contributed by atoms with E-state index in [-0.39, 0.29) is 6.54 Å². The van der Waals surface area contributed by atoms with Gasteiger partial charge in [0.05, 0.1) is 4.90 Å². The fourth-order valence-electron chi connectivity index (χ4n) is 1.75. The lowest BCUT2D eigenvalue weighted by molar-refractivity contribution is 0.580. The van der Waals surface area contributed by atoms with Crippen molar-refractivity contribution in [1.82, 2.24) is 10.0 Å². The summed E-state index contributed by atoms with van der Waals surface area (Å²) in [6.45, 7) is 0.705. The Hall–Kier alpha value is -0.920. The van der Waals surface area contributed by atoms with Gasteiger partial charge in [-0.15, -0.1) is 11.3 Å². The van der Waals surface area contributed by atoms with Crippen LogP contribution >= 0.6 is 22.9 Å². The first kappa shape index (κ1) is 15.5. The molecule has 7 heteroatoms. The number of thiophene rings is 1. The van der Waals surface area contributed by atoms with E-state index in [9.17, 15) is 8.42 Å². The SMILES string of the molecule is CNCc1sccc1S(=O)(=O)NCc1ccccc1Cl. The molecule has 2 rings (SSSR count). The van der Waals surface area contributed by atoms with E-state index >= 15 is 0 Å². The van der Waals surface area contributed by atoms with Crippen molar-refractivity contribution in [3.8, 4) is 0 Å². The number of hydrogen-bond donors (Lipinski definition) is 2. The molecule has 20 heavy (non-hydrogen) atoms. The number of hydrogen-bond acceptors (Lipinski definition) is 4. The zero-order valence-corrected chi connectivity index (χ0v) is 13.3. The number of halogens is 1. The van der Waals surface area contributed by atoms with E-state index in [1.165, 1.54) is 11.3 Å². The lowest BCUT2D eigenvalue weighted by Crippen LogP contribution is -2.24. The Morgan fingerprint density at radius 1 is 1.20 bits per heavy atom. The smallest absolute Gasteiger partial charge is 0.242 e. The molecule has 0 aliphatic carbocycles. The second kappa shape index (κ2) is 6.69. The Morgan fingerprint density at radius 3 is 2.65 bits per heavy atom. The van der Waals surface area contributed by atoms with Gasteiger partial charge in [0, 0.05) is 23.0 Å². The second-order valence-corrected chi connectivity index (χ2v) is 7.30. The van der Waals surface area contributed by atoms with Crippen molar-refractivity contribution in [1.29, 1.82) is 0 Å². The average Bonchev–Trinajstić information content (AvgIpc) is 2.87. The molecule has 1 aromatic carbocycles. The number of sulfonamides is 1. The molecule has 0 atom stereocenters. The van der Waals surface area contributed by atoms with Crippen molar-refractivity contribution in [3.05, 3.63) is 51.2 Å². The van der Waals surface area contributed by atoms with Crippen LogP contribution in [0.5, 0.6) is 0 Å². The normalized spacial score (nSPS) is 11.7. The molecular weight excluding hydrogens is 316 g/mol. The number of rotatable bonds is 6. The number of nitrogens with one attached hydrogen (secondary N) is 2. The molecule has 0 spiro atoms. The van der Waals surface area contributed by atoms with Crippen LogP contribution in [0.4, 0.5) is 0 Å². The maximum Gasteiger partial charge on any atom is 0.242 e. The minimum absolute atomic E-state index is 0.177. The van der Waals surface area contributed by atoms with Crippen LogP contribution < -0.4 is 10.0 Å². The molecule has 0 radical (unpaired) electrons. The summed E-state index contributed by atoms with van der Waals surface area (Å²) in [7, 11) is -1.74. The van der Waals surface area contributed by atoms with Gasteiger partial charge in [-0.1, -0.05) is 29.8 Å². The summed E-state index contributed by atoms with van der Waals surface area (Å²) in [4.78, 5) is 1.11. The summed E-state index contributed by atoms with van der Waals surface area (Å²) < 4.78 is 27.2. The molecule has 0 aliphatic rings. The Kier molecular flexibility index (Phi) is 5.17. The summed E-state index contributed by atoms with van der Waals surface area (Å²) in [6.07, 6.45) is 0. The van der Waals surface area contributed by atoms with E-state index in [1.807, 2.05) is 12.1 Å². The van der Waals surface area contributed by atoms with Crippen molar-refractivity contribution in [2.45, 2.75) is 18.0 Å². The van der Waals surface area contributed by atoms with Gasteiger partial charge in [0.1, 0.15) is 0 Å². The molecular formula is C13H15ClN2O2S2. The highest BCUT2D eigenvalue weighted by molar-refractivity contribution is 7.89. The third-order valence-corrected chi connectivity index (χ3v) is 5.65. The summed E-state index contributed by atoms with van der Waals surface area (Å²) in [5, 5.41) is 5.29. The monoisotopic (exact) mass is 330 g/mol. The van der Waals surface area contributed by atoms with Crippen LogP contribution in [0.3, 0.4) is 0 Å². The van der Waals surface area contributed by atoms with E-state index in [4.69, 9.17) is 11.6 Å². The van der Waals surface area contributed by atoms with Crippen LogP contribution in [0.15, 0.2) is 40.6 Å². The predicted octanol–water partition coefficient (Wildman–Crippen LogP) is 2.60. The molecule has 0 unspecified atom stereocenters. The first-order chi connectivity index (χ1) is 9.54. The Bertz CT molecular complexity index is 683. The van der Waals surface area contributed by atoms with E-state index in [1.54, 1.807) is 30.6 Å². The van der Waals surface area contributed by atoms with E-state index < -0.39 is 10.0 Å². The standard InChI is InChI=1S/C13H15ClN2O2S2/c1-15-9-12-13(6-7-19-12)20(17,18)16-8-10-4-2-3-5-11(10)14/h2-7,15-16H,8-9H2,1H3. The van der Waals surface area contributed by atoms with Crippen LogP contribution in [0.1, 0.15) is 10.4 Å². The second-order valence-electron chi connectivity index (χ2n) is 4.15. The molecule has 0 bridgehead atoms. The predicted molar refractivity (Wildman–Crippen MR) is 82.6 cm³/mol. The molecule has 0 fully saturated rings. The highest BCUT2D eigenvalue weighted by Crippen LogP contribution is 2.22. The number of benzene rings is 1. The minimum Gasteiger partial charge on any atom is -0.315 e. The van der Waals surface area contributed by atoms with Crippen molar-refractivity contribution in [2.24, 2.45) is 0 Å². The molecule has 108 valence electrons. The van der Waals surface area contributed by atoms with Gasteiger partial charge in [-0.25, -0.2) is 13.1 Å². The first-order valence-corrected chi connectivity index (χ1v) is 8.72. The molecule has 2 aromatic rings. The van der Waals surface area contributed by atoms with Gasteiger partial charge in [0.2, 0.25) is 10.0 Å². The summed E-state index contributed by atoms with van der Waals surface area (Å²) in [6, 6.07) is 8.79. The molecule has 2 N–H and O–H groups in total. The van der Waals surface area contributed by atoms with Gasteiger partial charge in [-0.2, -0.15) is 0 Å². The van der Waals surface area contributed by atoms with E-state index in [2.05, 4.69) is 10.0 Å². The maximum absolute atomic E-state index is 12.3. The maximum atomic E-state index is 12.3. The lowest BCUT2D eigenvalue weighted by Gasteiger charge is -2.08. The minimum atomic E-state index is -3.52. The zero-order chi connectivity index (χ0) is 14.6. The van der Waals surface area contributed by atoms with Gasteiger partial charge >= 0.3 is 0 Å². The molecule has 0 saturated carbocycles. The van der Waals surface area contributed by atoms with Crippen molar-refractivity contribution >= 4 is 33.0 Å². The molecule has 0 amide bonds. The molecule has 1 heterocycles. The van der Waals surface area contributed by atoms with E-state index in [0.29, 0.717) is 16.5 Å². The van der Waals surface area contributed by atoms with Gasteiger partial charge in [-0.3, -0.25) is 0 Å². The third kappa shape index (κ3) is 3.59. The van der Waals surface area contributed by atoms with Crippen LogP contribution in [0.25, 0.3) is 0 Å². The highest BCUT2D eigenvalue weighted by Gasteiger charge is 2.19. The Labute approximate surface area is 127 Å². The van der Waals surface area contributed by atoms with Gasteiger partial charge < -0.3 is 5.32 Å². The average molecular weight is 331 g/mol. The first-order valence-electron chi connectivity index (χ1n) is 5.98. The highest BCUT2D eigenvalue weighted by atomic mass is 35.5. The third-order valence-electron chi connectivity index (χ3n) is 2.74. The quantitative estimate of drug-likeness (QED) is 0.856. The fraction of sp³-hybridized carbons (Fsp3) is 0.231. The zero-order valence-electron chi connectivity index (χ0n) is 10.9. The summed E-state index contributed by atoms with van der Waals surface area (Å²) in [5.41, 5.74) is 0.753. The summed E-state index contributed by atoms with van der Waals surface area (Å²) >= 11 is 7.43. The van der Waals surface area contributed by atoms with Crippen LogP contribution in [0, 0.1) is 0 Å². The summed E-state index contributed by atoms with van der Waals surface area (Å²) in [5.74, 6) is 0. The fourth-order valence-corrected chi connectivity index (χ4v) is 4.41. The van der Waals surface area contributed by atoms with Crippen LogP contribution in [-0.4, -0.2) is 15.5 Å². The molecule has 0 saturated heterocycles. The van der Waals surface area contributed by atoms with Crippen molar-refractivity contribution in [3.63, 3.8) is 0 Å². The van der Waals surface area contributed by atoms with Gasteiger partial charge in [-0.05, 0) is 30.1 Å². The van der Waals surface area contributed by atoms with Gasteiger partial charge in [0.15, 0.2) is 0 Å². The van der Waals surface area contributed by atoms with E-state index in [0.717, 1.165) is 10.4 Å². The Morgan fingerprint density at radius 2 is 1.95 bits per heavy atom. The van der Waals surface area contributed by atoms with Gasteiger partial charge in [0.25, 0.3) is 0 Å². The lowest BCUT2D eigenvalue weighted by atomic mass is 10.2. The largest absolute Gasteiger partial charge is 0.315 e. The topological polar surface area (TPSA) is 58.2 Å².